The van der Waals surface area contributed by atoms with Gasteiger partial charge in [-0.2, -0.15) is 0 Å². The molecule has 6 nitrogen and oxygen atoms in total. The molecular formula is C14H23BN2O4. The summed E-state index contributed by atoms with van der Waals surface area (Å²) in [5.74, 6) is -0.297. The van der Waals surface area contributed by atoms with Gasteiger partial charge in [-0.25, -0.2) is 0 Å². The molecule has 0 spiro atoms. The van der Waals surface area contributed by atoms with Crippen LogP contribution in [0.2, 0.25) is 0 Å². The Labute approximate surface area is 126 Å². The van der Waals surface area contributed by atoms with Gasteiger partial charge in [-0.3, -0.25) is 4.79 Å². The Hall–Kier alpha value is -1.57. The molecule has 0 radical (unpaired) electrons. The second kappa shape index (κ2) is 10.2. The number of methoxy groups -OCH3 is 2. The number of carbonyl (C=O) groups excluding carboxylic acids is 1. The fraction of sp³-hybridized carbons (Fsp3) is 0.500. The molecule has 0 aliphatic heterocycles. The summed E-state index contributed by atoms with van der Waals surface area (Å²) in [5.41, 5.74) is 2.07. The van der Waals surface area contributed by atoms with Crippen LogP contribution in [0.25, 0.3) is 0 Å². The molecule has 0 fully saturated rings. The number of anilines is 1. The topological polar surface area (TPSA) is 68.8 Å². The maximum Gasteiger partial charge on any atom is 0.361 e. The first-order chi connectivity index (χ1) is 10.2. The molecule has 0 amide bonds. The highest BCUT2D eigenvalue weighted by molar-refractivity contribution is 6.24. The van der Waals surface area contributed by atoms with E-state index in [0.29, 0.717) is 20.6 Å². The molecule has 1 atom stereocenters. The Kier molecular flexibility index (Phi) is 8.50. The number of rotatable bonds is 10. The smallest absolute Gasteiger partial charge is 0.361 e. The van der Waals surface area contributed by atoms with Gasteiger partial charge in [0.05, 0.1) is 13.7 Å². The Bertz CT molecular complexity index is 414. The Morgan fingerprint density at radius 3 is 2.52 bits per heavy atom. The van der Waals surface area contributed by atoms with Crippen LogP contribution >= 0.6 is 0 Å². The lowest BCUT2D eigenvalue weighted by Gasteiger charge is -2.15. The molecule has 1 aromatic carbocycles. The fourth-order valence-electron chi connectivity index (χ4n) is 1.86. The second-order valence-corrected chi connectivity index (χ2v) is 4.53. The highest BCUT2D eigenvalue weighted by Crippen LogP contribution is 2.11. The molecular weight excluding hydrogens is 271 g/mol. The third kappa shape index (κ3) is 6.62. The molecule has 21 heavy (non-hydrogen) atoms. The van der Waals surface area contributed by atoms with Crippen molar-refractivity contribution in [2.24, 2.45) is 0 Å². The van der Waals surface area contributed by atoms with Crippen LogP contribution in [0.15, 0.2) is 24.3 Å². The van der Waals surface area contributed by atoms with Crippen LogP contribution < -0.4 is 10.5 Å². The van der Waals surface area contributed by atoms with Crippen molar-refractivity contribution >= 4 is 19.3 Å². The van der Waals surface area contributed by atoms with E-state index in [4.69, 9.17) is 14.1 Å². The molecule has 0 saturated heterocycles. The molecule has 0 aromatic heterocycles. The first kappa shape index (κ1) is 17.5. The normalized spacial score (nSPS) is 11.8. The van der Waals surface area contributed by atoms with Crippen LogP contribution in [0.4, 0.5) is 5.69 Å². The van der Waals surface area contributed by atoms with Gasteiger partial charge in [0, 0.05) is 26.5 Å². The van der Waals surface area contributed by atoms with Crippen molar-refractivity contribution in [3.8, 4) is 0 Å². The summed E-state index contributed by atoms with van der Waals surface area (Å²) < 4.78 is 14.7. The summed E-state index contributed by atoms with van der Waals surface area (Å²) in [7, 11) is 4.93. The SMILES string of the molecule is COBNC(Cc1ccc(NCCOC)cc1)C(=O)OC. The first-order valence-corrected chi connectivity index (χ1v) is 6.83. The zero-order chi connectivity index (χ0) is 15.5. The number of ether oxygens (including phenoxy) is 2. The van der Waals surface area contributed by atoms with E-state index in [1.54, 1.807) is 14.2 Å². The predicted molar refractivity (Wildman–Crippen MR) is 83.6 cm³/mol. The van der Waals surface area contributed by atoms with Crippen molar-refractivity contribution in [3.63, 3.8) is 0 Å². The molecule has 0 aliphatic rings. The van der Waals surface area contributed by atoms with Gasteiger partial charge in [0.25, 0.3) is 0 Å². The minimum absolute atomic E-state index is 0.297. The van der Waals surface area contributed by atoms with E-state index in [0.717, 1.165) is 17.8 Å². The van der Waals surface area contributed by atoms with Crippen molar-refractivity contribution in [1.29, 1.82) is 0 Å². The van der Waals surface area contributed by atoms with E-state index in [1.807, 2.05) is 24.3 Å². The van der Waals surface area contributed by atoms with Gasteiger partial charge in [-0.1, -0.05) is 12.1 Å². The van der Waals surface area contributed by atoms with Crippen LogP contribution in [0.1, 0.15) is 5.56 Å². The third-order valence-corrected chi connectivity index (χ3v) is 2.99. The number of nitrogens with one attached hydrogen (secondary N) is 2. The largest absolute Gasteiger partial charge is 0.468 e. The molecule has 116 valence electrons. The summed E-state index contributed by atoms with van der Waals surface area (Å²) in [6, 6.07) is 7.52. The highest BCUT2D eigenvalue weighted by atomic mass is 16.5. The van der Waals surface area contributed by atoms with E-state index in [1.165, 1.54) is 7.11 Å². The van der Waals surface area contributed by atoms with Crippen molar-refractivity contribution in [1.82, 2.24) is 5.23 Å². The van der Waals surface area contributed by atoms with Crippen molar-refractivity contribution in [2.75, 3.05) is 39.8 Å². The van der Waals surface area contributed by atoms with Gasteiger partial charge < -0.3 is 24.7 Å². The lowest BCUT2D eigenvalue weighted by molar-refractivity contribution is -0.142. The molecule has 2 N–H and O–H groups in total. The van der Waals surface area contributed by atoms with Crippen LogP contribution in [-0.2, 0) is 25.3 Å². The molecule has 0 heterocycles. The van der Waals surface area contributed by atoms with E-state index in [-0.39, 0.29) is 5.97 Å². The number of hydrogen-bond donors (Lipinski definition) is 2. The zero-order valence-corrected chi connectivity index (χ0v) is 12.8. The van der Waals surface area contributed by atoms with Crippen LogP contribution in [-0.4, -0.2) is 54.1 Å². The minimum Gasteiger partial charge on any atom is -0.468 e. The van der Waals surface area contributed by atoms with Crippen LogP contribution in [0, 0.1) is 0 Å². The molecule has 1 rings (SSSR count). The van der Waals surface area contributed by atoms with E-state index in [9.17, 15) is 4.79 Å². The minimum atomic E-state index is -0.415. The van der Waals surface area contributed by atoms with E-state index >= 15 is 0 Å². The van der Waals surface area contributed by atoms with Gasteiger partial charge in [0.15, 0.2) is 0 Å². The maximum absolute atomic E-state index is 11.7. The molecule has 7 heteroatoms. The second-order valence-electron chi connectivity index (χ2n) is 4.53. The van der Waals surface area contributed by atoms with Gasteiger partial charge >= 0.3 is 13.6 Å². The fourth-order valence-corrected chi connectivity index (χ4v) is 1.86. The van der Waals surface area contributed by atoms with Crippen molar-refractivity contribution < 1.29 is 18.9 Å². The van der Waals surface area contributed by atoms with Crippen molar-refractivity contribution in [2.45, 2.75) is 12.5 Å². The maximum atomic E-state index is 11.7. The zero-order valence-electron chi connectivity index (χ0n) is 12.8. The highest BCUT2D eigenvalue weighted by Gasteiger charge is 2.19. The average molecular weight is 294 g/mol. The lowest BCUT2D eigenvalue weighted by atomic mass is 10.0. The summed E-state index contributed by atoms with van der Waals surface area (Å²) in [6.07, 6.45) is 0.550. The van der Waals surface area contributed by atoms with E-state index < -0.39 is 6.04 Å². The summed E-state index contributed by atoms with van der Waals surface area (Å²) in [5, 5.41) is 6.24. The summed E-state index contributed by atoms with van der Waals surface area (Å²) >= 11 is 0. The van der Waals surface area contributed by atoms with Crippen LogP contribution in [0.3, 0.4) is 0 Å². The van der Waals surface area contributed by atoms with E-state index in [2.05, 4.69) is 10.5 Å². The lowest BCUT2D eigenvalue weighted by Crippen LogP contribution is -2.42. The molecule has 1 aromatic rings. The third-order valence-electron chi connectivity index (χ3n) is 2.99. The standard InChI is InChI=1S/C14H23BN2O4/c1-19-9-8-16-12-6-4-11(5-7-12)10-13(14(18)20-2)17-15-21-3/h4-7,13,15-17H,8-10H2,1-3H3. The monoisotopic (exact) mass is 294 g/mol. The predicted octanol–water partition coefficient (Wildman–Crippen LogP) is 0.331. The number of esters is 1. The molecule has 1 unspecified atom stereocenters. The number of carbonyl (C=O) groups is 1. The van der Waals surface area contributed by atoms with Crippen molar-refractivity contribution in [3.05, 3.63) is 29.8 Å². The molecule has 0 bridgehead atoms. The number of benzene rings is 1. The molecule has 0 saturated carbocycles. The Morgan fingerprint density at radius 2 is 1.95 bits per heavy atom. The number of hydrogen-bond acceptors (Lipinski definition) is 6. The van der Waals surface area contributed by atoms with Crippen LogP contribution in [0.5, 0.6) is 0 Å². The average Bonchev–Trinajstić information content (AvgIpc) is 2.52. The molecule has 0 aliphatic carbocycles. The quantitative estimate of drug-likeness (QED) is 0.368. The van der Waals surface area contributed by atoms with Gasteiger partial charge in [0.1, 0.15) is 6.04 Å². The van der Waals surface area contributed by atoms with Gasteiger partial charge in [-0.15, -0.1) is 0 Å². The van der Waals surface area contributed by atoms with Gasteiger partial charge in [-0.05, 0) is 24.1 Å². The van der Waals surface area contributed by atoms with Gasteiger partial charge in [0.2, 0.25) is 0 Å². The first-order valence-electron chi connectivity index (χ1n) is 6.83. The summed E-state index contributed by atoms with van der Waals surface area (Å²) in [6.45, 7) is 1.42. The summed E-state index contributed by atoms with van der Waals surface area (Å²) in [4.78, 5) is 11.7. The Balaban J connectivity index is 2.56. The Morgan fingerprint density at radius 1 is 1.24 bits per heavy atom.